The molecule has 4 rings (SSSR count). The minimum absolute atomic E-state index is 0.000994. The second-order valence-electron chi connectivity index (χ2n) is 5.66. The lowest BCUT2D eigenvalue weighted by atomic mass is 10.1. The van der Waals surface area contributed by atoms with Gasteiger partial charge >= 0.3 is 0 Å². The van der Waals surface area contributed by atoms with Gasteiger partial charge in [-0.3, -0.25) is 4.79 Å². The number of rotatable bonds is 6. The topological polar surface area (TPSA) is 71.6 Å². The molecule has 0 spiro atoms. The van der Waals surface area contributed by atoms with Crippen LogP contribution in [0.25, 0.3) is 10.7 Å². The van der Waals surface area contributed by atoms with Crippen LogP contribution in [0.1, 0.15) is 17.9 Å². The van der Waals surface area contributed by atoms with Crippen LogP contribution in [0.15, 0.2) is 57.5 Å². The highest BCUT2D eigenvalue weighted by Crippen LogP contribution is 2.23. The number of amides is 1. The van der Waals surface area contributed by atoms with Gasteiger partial charge in [0.2, 0.25) is 11.7 Å². The van der Waals surface area contributed by atoms with Crippen LogP contribution < -0.4 is 0 Å². The Labute approximate surface area is 158 Å². The zero-order valence-corrected chi connectivity index (χ0v) is 15.5. The summed E-state index contributed by atoms with van der Waals surface area (Å²) in [5.74, 6) is 1.97. The molecule has 3 aromatic rings. The summed E-state index contributed by atoms with van der Waals surface area (Å²) in [4.78, 5) is 17.7. The zero-order chi connectivity index (χ0) is 17.8. The third kappa shape index (κ3) is 3.86. The van der Waals surface area contributed by atoms with Crippen molar-refractivity contribution in [1.29, 1.82) is 0 Å². The van der Waals surface area contributed by atoms with Gasteiger partial charge in [-0.05, 0) is 17.0 Å². The van der Waals surface area contributed by atoms with Crippen molar-refractivity contribution in [3.63, 3.8) is 0 Å². The van der Waals surface area contributed by atoms with Crippen molar-refractivity contribution in [2.75, 3.05) is 12.3 Å². The third-order valence-electron chi connectivity index (χ3n) is 3.86. The maximum atomic E-state index is 12.3. The van der Waals surface area contributed by atoms with Gasteiger partial charge in [-0.25, -0.2) is 5.01 Å². The SMILES string of the molecule is O=C(CSCc1nc(-c2cccs2)no1)N1CCC(c2ccccc2)=N1. The molecule has 0 saturated heterocycles. The number of carbonyl (C=O) groups is 1. The van der Waals surface area contributed by atoms with Crippen molar-refractivity contribution < 1.29 is 9.32 Å². The molecule has 0 aliphatic carbocycles. The number of benzene rings is 1. The Balaban J connectivity index is 1.29. The zero-order valence-electron chi connectivity index (χ0n) is 13.9. The Morgan fingerprint density at radius 1 is 1.23 bits per heavy atom. The van der Waals surface area contributed by atoms with Gasteiger partial charge in [0.1, 0.15) is 0 Å². The molecule has 0 unspecified atom stereocenters. The molecule has 0 radical (unpaired) electrons. The molecule has 1 amide bonds. The third-order valence-corrected chi connectivity index (χ3v) is 5.63. The molecule has 6 nitrogen and oxygen atoms in total. The minimum atomic E-state index is -0.000994. The molecule has 0 saturated carbocycles. The summed E-state index contributed by atoms with van der Waals surface area (Å²) < 4.78 is 5.24. The Hall–Kier alpha value is -2.45. The predicted molar refractivity (Wildman–Crippen MR) is 103 cm³/mol. The summed E-state index contributed by atoms with van der Waals surface area (Å²) >= 11 is 3.02. The molecule has 1 aromatic carbocycles. The van der Waals surface area contributed by atoms with Gasteiger partial charge in [-0.15, -0.1) is 23.1 Å². The molecular formula is C18H16N4O2S2. The van der Waals surface area contributed by atoms with Crippen LogP contribution in [-0.2, 0) is 10.5 Å². The van der Waals surface area contributed by atoms with E-state index in [0.29, 0.717) is 29.8 Å². The standard InChI is InChI=1S/C18H16N4O2S2/c23-17(22-9-8-14(20-22)13-5-2-1-3-6-13)12-25-11-16-19-18(21-24-16)15-7-4-10-26-15/h1-7,10H,8-9,11-12H2. The Morgan fingerprint density at radius 2 is 2.12 bits per heavy atom. The van der Waals surface area contributed by atoms with Gasteiger partial charge in [-0.1, -0.05) is 41.6 Å². The first-order chi connectivity index (χ1) is 12.8. The van der Waals surface area contributed by atoms with E-state index in [9.17, 15) is 4.79 Å². The van der Waals surface area contributed by atoms with E-state index in [1.807, 2.05) is 47.8 Å². The van der Waals surface area contributed by atoms with Crippen LogP contribution in [-0.4, -0.2) is 39.1 Å². The molecule has 132 valence electrons. The number of thioether (sulfide) groups is 1. The van der Waals surface area contributed by atoms with Gasteiger partial charge in [0, 0.05) is 6.42 Å². The normalized spacial score (nSPS) is 13.8. The fourth-order valence-electron chi connectivity index (χ4n) is 2.59. The first-order valence-corrected chi connectivity index (χ1v) is 10.2. The largest absolute Gasteiger partial charge is 0.338 e. The Morgan fingerprint density at radius 3 is 2.92 bits per heavy atom. The number of thiophene rings is 1. The van der Waals surface area contributed by atoms with Crippen molar-refractivity contribution in [2.24, 2.45) is 5.10 Å². The highest BCUT2D eigenvalue weighted by molar-refractivity contribution is 7.99. The molecule has 0 N–H and O–H groups in total. The number of nitrogens with zero attached hydrogens (tertiary/aromatic N) is 4. The van der Waals surface area contributed by atoms with Crippen molar-refractivity contribution in [1.82, 2.24) is 15.1 Å². The first kappa shape index (κ1) is 17.0. The molecule has 26 heavy (non-hydrogen) atoms. The summed E-state index contributed by atoms with van der Waals surface area (Å²) in [6.45, 7) is 0.632. The van der Waals surface area contributed by atoms with Crippen molar-refractivity contribution >= 4 is 34.7 Å². The smallest absolute Gasteiger partial charge is 0.252 e. The maximum Gasteiger partial charge on any atom is 0.252 e. The number of hydrazone groups is 1. The summed E-state index contributed by atoms with van der Waals surface area (Å²) in [5, 5.41) is 12.0. The lowest BCUT2D eigenvalue weighted by Crippen LogP contribution is -2.25. The van der Waals surface area contributed by atoms with Crippen LogP contribution in [0, 0.1) is 0 Å². The lowest BCUT2D eigenvalue weighted by Gasteiger charge is -2.10. The van der Waals surface area contributed by atoms with E-state index >= 15 is 0 Å². The second-order valence-corrected chi connectivity index (χ2v) is 7.59. The van der Waals surface area contributed by atoms with E-state index in [2.05, 4.69) is 15.2 Å². The van der Waals surface area contributed by atoms with Crippen LogP contribution >= 0.6 is 23.1 Å². The molecule has 0 fully saturated rings. The summed E-state index contributed by atoms with van der Waals surface area (Å²) in [5.41, 5.74) is 2.03. The number of hydrogen-bond donors (Lipinski definition) is 0. The number of aromatic nitrogens is 2. The minimum Gasteiger partial charge on any atom is -0.338 e. The van der Waals surface area contributed by atoms with Gasteiger partial charge in [-0.2, -0.15) is 10.1 Å². The molecule has 0 atom stereocenters. The highest BCUT2D eigenvalue weighted by atomic mass is 32.2. The van der Waals surface area contributed by atoms with Crippen LogP contribution in [0.2, 0.25) is 0 Å². The van der Waals surface area contributed by atoms with Gasteiger partial charge < -0.3 is 4.52 Å². The van der Waals surface area contributed by atoms with E-state index in [0.717, 1.165) is 22.6 Å². The van der Waals surface area contributed by atoms with E-state index < -0.39 is 0 Å². The molecule has 2 aromatic heterocycles. The highest BCUT2D eigenvalue weighted by Gasteiger charge is 2.21. The van der Waals surface area contributed by atoms with E-state index in [4.69, 9.17) is 4.52 Å². The van der Waals surface area contributed by atoms with Gasteiger partial charge in [0.25, 0.3) is 5.91 Å². The predicted octanol–water partition coefficient (Wildman–Crippen LogP) is 3.67. The molecule has 1 aliphatic heterocycles. The maximum absolute atomic E-state index is 12.3. The van der Waals surface area contributed by atoms with E-state index in [1.165, 1.54) is 11.8 Å². The van der Waals surface area contributed by atoms with Gasteiger partial charge in [0.05, 0.1) is 28.6 Å². The molecule has 3 heterocycles. The van der Waals surface area contributed by atoms with Crippen molar-refractivity contribution in [2.45, 2.75) is 12.2 Å². The lowest BCUT2D eigenvalue weighted by molar-refractivity contribution is -0.127. The van der Waals surface area contributed by atoms with Crippen LogP contribution in [0.3, 0.4) is 0 Å². The monoisotopic (exact) mass is 384 g/mol. The number of carbonyl (C=O) groups excluding carboxylic acids is 1. The average Bonchev–Trinajstić information content (AvgIpc) is 3.42. The Bertz CT molecular complexity index is 906. The van der Waals surface area contributed by atoms with Crippen molar-refractivity contribution in [3.8, 4) is 10.7 Å². The van der Waals surface area contributed by atoms with E-state index in [1.54, 1.807) is 16.3 Å². The fraction of sp³-hybridized carbons (Fsp3) is 0.222. The summed E-state index contributed by atoms with van der Waals surface area (Å²) in [6.07, 6.45) is 0.786. The van der Waals surface area contributed by atoms with Crippen molar-refractivity contribution in [3.05, 3.63) is 59.3 Å². The Kier molecular flexibility index (Phi) is 5.12. The second kappa shape index (κ2) is 7.84. The number of hydrogen-bond acceptors (Lipinski definition) is 7. The van der Waals surface area contributed by atoms with Crippen LogP contribution in [0.4, 0.5) is 0 Å². The molecular weight excluding hydrogens is 368 g/mol. The molecule has 1 aliphatic rings. The van der Waals surface area contributed by atoms with Crippen LogP contribution in [0.5, 0.6) is 0 Å². The quantitative estimate of drug-likeness (QED) is 0.648. The fourth-order valence-corrected chi connectivity index (χ4v) is 3.96. The van der Waals surface area contributed by atoms with Gasteiger partial charge in [0.15, 0.2) is 0 Å². The summed E-state index contributed by atoms with van der Waals surface area (Å²) in [7, 11) is 0. The molecule has 0 bridgehead atoms. The average molecular weight is 384 g/mol. The van der Waals surface area contributed by atoms with E-state index in [-0.39, 0.29) is 5.91 Å². The first-order valence-electron chi connectivity index (χ1n) is 8.17. The molecule has 8 heteroatoms. The summed E-state index contributed by atoms with van der Waals surface area (Å²) in [6, 6.07) is 13.9.